The Balaban J connectivity index is 2.23. The first-order valence-corrected chi connectivity index (χ1v) is 4.36. The Kier molecular flexibility index (Phi) is 1.49. The van der Waals surface area contributed by atoms with E-state index in [1.807, 2.05) is 18.2 Å². The fourth-order valence-corrected chi connectivity index (χ4v) is 1.40. The number of hydrogen-bond donors (Lipinski definition) is 2. The molecule has 0 fully saturated rings. The number of nitrogens with one attached hydrogen (secondary N) is 1. The number of nitrogen functional groups attached to an aromatic ring is 1. The molecule has 0 aliphatic carbocycles. The molecule has 0 aliphatic heterocycles. The van der Waals surface area contributed by atoms with E-state index in [0.717, 1.165) is 16.8 Å². The number of pyridine rings is 1. The second-order valence-corrected chi connectivity index (χ2v) is 3.09. The van der Waals surface area contributed by atoms with Crippen molar-refractivity contribution in [3.63, 3.8) is 0 Å². The summed E-state index contributed by atoms with van der Waals surface area (Å²) in [6.45, 7) is 0. The fraction of sp³-hybridized carbons (Fsp3) is 0. The summed E-state index contributed by atoms with van der Waals surface area (Å²) in [6, 6.07) is 5.49. The van der Waals surface area contributed by atoms with Crippen molar-refractivity contribution in [2.24, 2.45) is 0 Å². The maximum Gasteiger partial charge on any atom is 0.260 e. The lowest BCUT2D eigenvalue weighted by Crippen LogP contribution is -1.86. The lowest BCUT2D eigenvalue weighted by atomic mass is 10.2. The zero-order valence-electron chi connectivity index (χ0n) is 7.64. The summed E-state index contributed by atoms with van der Waals surface area (Å²) in [5.74, 6) is 0.355. The molecule has 74 valence electrons. The molecule has 3 N–H and O–H groups in total. The molecule has 0 spiro atoms. The summed E-state index contributed by atoms with van der Waals surface area (Å²) in [6.07, 6.45) is 1.66. The number of hydrogen-bond acceptors (Lipinski definition) is 5. The van der Waals surface area contributed by atoms with Gasteiger partial charge in [-0.1, -0.05) is 5.16 Å². The van der Waals surface area contributed by atoms with Crippen LogP contribution in [0.3, 0.4) is 0 Å². The Labute approximate surface area is 84.1 Å². The van der Waals surface area contributed by atoms with Crippen LogP contribution in [0.25, 0.3) is 22.5 Å². The van der Waals surface area contributed by atoms with Gasteiger partial charge in [0.2, 0.25) is 0 Å². The van der Waals surface area contributed by atoms with E-state index >= 15 is 0 Å². The number of aromatic amines is 1. The number of nitrogens with zero attached hydrogens (tertiary/aromatic N) is 3. The van der Waals surface area contributed by atoms with Crippen LogP contribution >= 0.6 is 0 Å². The molecule has 3 aromatic heterocycles. The van der Waals surface area contributed by atoms with Crippen molar-refractivity contribution in [1.82, 2.24) is 20.3 Å². The van der Waals surface area contributed by atoms with Crippen molar-refractivity contribution in [3.8, 4) is 11.4 Å². The molecule has 0 saturated heterocycles. The quantitative estimate of drug-likeness (QED) is 0.616. The minimum Gasteiger partial charge on any atom is -0.380 e. The third kappa shape index (κ3) is 1.15. The maximum atomic E-state index is 5.58. The monoisotopic (exact) mass is 201 g/mol. The highest BCUT2D eigenvalue weighted by Crippen LogP contribution is 2.22. The summed E-state index contributed by atoms with van der Waals surface area (Å²) in [4.78, 5) is 4.26. The highest BCUT2D eigenvalue weighted by molar-refractivity contribution is 5.85. The summed E-state index contributed by atoms with van der Waals surface area (Å²) in [5.41, 5.74) is 7.58. The first-order chi connectivity index (χ1) is 7.34. The Hall–Kier alpha value is -2.37. The van der Waals surface area contributed by atoms with E-state index in [1.165, 1.54) is 0 Å². The second-order valence-electron chi connectivity index (χ2n) is 3.09. The topological polar surface area (TPSA) is 93.6 Å². The van der Waals surface area contributed by atoms with Crippen LogP contribution in [0.2, 0.25) is 0 Å². The fourth-order valence-electron chi connectivity index (χ4n) is 1.40. The van der Waals surface area contributed by atoms with E-state index < -0.39 is 0 Å². The summed E-state index contributed by atoms with van der Waals surface area (Å²) in [5, 5.41) is 11.0. The van der Waals surface area contributed by atoms with Gasteiger partial charge in [0.05, 0.1) is 16.8 Å². The molecule has 6 nitrogen and oxygen atoms in total. The minimum atomic E-state index is 0.355. The molecular formula is C9H7N5O. The molecule has 0 saturated carbocycles. The zero-order valence-corrected chi connectivity index (χ0v) is 7.64. The smallest absolute Gasteiger partial charge is 0.260 e. The van der Waals surface area contributed by atoms with Gasteiger partial charge in [0.1, 0.15) is 0 Å². The van der Waals surface area contributed by atoms with Crippen molar-refractivity contribution in [1.29, 1.82) is 0 Å². The molecule has 0 atom stereocenters. The Morgan fingerprint density at radius 1 is 1.27 bits per heavy atom. The molecule has 0 amide bonds. The lowest BCUT2D eigenvalue weighted by molar-refractivity contribution is 0.453. The lowest BCUT2D eigenvalue weighted by Gasteiger charge is -1.94. The Bertz CT molecular complexity index is 598. The number of nitrogens with two attached hydrogens (primary N) is 1. The normalized spacial score (nSPS) is 10.9. The van der Waals surface area contributed by atoms with E-state index in [-0.39, 0.29) is 0 Å². The Morgan fingerprint density at radius 3 is 3.00 bits per heavy atom. The molecule has 0 unspecified atom stereocenters. The predicted molar refractivity (Wildman–Crippen MR) is 53.8 cm³/mol. The van der Waals surface area contributed by atoms with Crippen LogP contribution in [0.15, 0.2) is 28.9 Å². The molecule has 3 rings (SSSR count). The zero-order chi connectivity index (χ0) is 10.3. The summed E-state index contributed by atoms with van der Waals surface area (Å²) in [7, 11) is 0. The van der Waals surface area contributed by atoms with Gasteiger partial charge in [0.25, 0.3) is 5.71 Å². The second kappa shape index (κ2) is 2.81. The van der Waals surface area contributed by atoms with Crippen molar-refractivity contribution >= 4 is 16.9 Å². The van der Waals surface area contributed by atoms with E-state index in [2.05, 4.69) is 20.3 Å². The molecule has 15 heavy (non-hydrogen) atoms. The highest BCUT2D eigenvalue weighted by Gasteiger charge is 2.08. The third-order valence-electron chi connectivity index (χ3n) is 2.14. The summed E-state index contributed by atoms with van der Waals surface area (Å²) >= 11 is 0. The molecule has 0 aromatic carbocycles. The van der Waals surface area contributed by atoms with Gasteiger partial charge in [-0.3, -0.25) is 5.10 Å². The minimum absolute atomic E-state index is 0.355. The van der Waals surface area contributed by atoms with Crippen molar-refractivity contribution in [2.75, 3.05) is 5.73 Å². The first-order valence-electron chi connectivity index (χ1n) is 4.36. The number of aromatic nitrogens is 4. The van der Waals surface area contributed by atoms with Gasteiger partial charge in [-0.15, -0.1) is 0 Å². The summed E-state index contributed by atoms with van der Waals surface area (Å²) < 4.78 is 4.97. The molecule has 0 aliphatic rings. The van der Waals surface area contributed by atoms with Crippen molar-refractivity contribution in [2.45, 2.75) is 0 Å². The highest BCUT2D eigenvalue weighted by atomic mass is 16.5. The van der Waals surface area contributed by atoms with E-state index in [1.54, 1.807) is 6.20 Å². The third-order valence-corrected chi connectivity index (χ3v) is 2.14. The molecule has 6 heteroatoms. The number of rotatable bonds is 1. The standard InChI is InChI=1S/C9H7N5O/c10-8-5-1-2-6(7-3-4-11-13-7)12-9(5)15-14-8/h1-4H,(H2,10,14)(H,11,13). The van der Waals surface area contributed by atoms with Crippen LogP contribution in [-0.4, -0.2) is 20.3 Å². The number of H-pyrrole nitrogens is 1. The maximum absolute atomic E-state index is 5.58. The SMILES string of the molecule is Nc1noc2nc(-c3ccn[nH]3)ccc12. The van der Waals surface area contributed by atoms with Crippen molar-refractivity contribution in [3.05, 3.63) is 24.4 Å². The molecular weight excluding hydrogens is 194 g/mol. The average Bonchev–Trinajstić information content (AvgIpc) is 2.88. The van der Waals surface area contributed by atoms with Gasteiger partial charge >= 0.3 is 0 Å². The van der Waals surface area contributed by atoms with Gasteiger partial charge in [0, 0.05) is 6.20 Å². The van der Waals surface area contributed by atoms with E-state index in [4.69, 9.17) is 10.3 Å². The molecule has 3 aromatic rings. The Morgan fingerprint density at radius 2 is 2.20 bits per heavy atom. The number of fused-ring (bicyclic) bond motifs is 1. The van der Waals surface area contributed by atoms with E-state index in [0.29, 0.717) is 11.5 Å². The first kappa shape index (κ1) is 7.98. The van der Waals surface area contributed by atoms with Gasteiger partial charge in [-0.2, -0.15) is 5.10 Å². The van der Waals surface area contributed by atoms with Crippen LogP contribution in [0.1, 0.15) is 0 Å². The average molecular weight is 201 g/mol. The van der Waals surface area contributed by atoms with Gasteiger partial charge < -0.3 is 10.3 Å². The van der Waals surface area contributed by atoms with E-state index in [9.17, 15) is 0 Å². The molecule has 3 heterocycles. The predicted octanol–water partition coefficient (Wildman–Crippen LogP) is 1.20. The molecule has 0 bridgehead atoms. The largest absolute Gasteiger partial charge is 0.380 e. The van der Waals surface area contributed by atoms with Gasteiger partial charge in [-0.05, 0) is 18.2 Å². The van der Waals surface area contributed by atoms with Gasteiger partial charge in [0.15, 0.2) is 5.82 Å². The molecule has 0 radical (unpaired) electrons. The van der Waals surface area contributed by atoms with Gasteiger partial charge in [-0.25, -0.2) is 4.98 Å². The number of anilines is 1. The van der Waals surface area contributed by atoms with Crippen LogP contribution in [0, 0.1) is 0 Å². The van der Waals surface area contributed by atoms with Crippen LogP contribution in [0.4, 0.5) is 5.82 Å². The van der Waals surface area contributed by atoms with Crippen molar-refractivity contribution < 1.29 is 4.52 Å². The van der Waals surface area contributed by atoms with Crippen LogP contribution < -0.4 is 5.73 Å². The van der Waals surface area contributed by atoms with Crippen LogP contribution in [-0.2, 0) is 0 Å². The van der Waals surface area contributed by atoms with Crippen LogP contribution in [0.5, 0.6) is 0 Å².